The number of para-hydroxylation sites is 2. The molecule has 2 heterocycles. The van der Waals surface area contributed by atoms with Gasteiger partial charge in [-0.2, -0.15) is 4.31 Å². The van der Waals surface area contributed by atoms with Crippen molar-refractivity contribution in [2.75, 3.05) is 13.1 Å². The third kappa shape index (κ3) is 3.80. The molecule has 0 amide bonds. The van der Waals surface area contributed by atoms with Crippen LogP contribution in [0.4, 0.5) is 0 Å². The van der Waals surface area contributed by atoms with Crippen molar-refractivity contribution in [1.82, 2.24) is 13.9 Å². The number of rotatable bonds is 6. The van der Waals surface area contributed by atoms with E-state index in [2.05, 4.69) is 11.9 Å². The van der Waals surface area contributed by atoms with Gasteiger partial charge < -0.3 is 4.98 Å². The molecule has 4 rings (SSSR count). The van der Waals surface area contributed by atoms with E-state index in [0.717, 1.165) is 41.6 Å². The predicted octanol–water partition coefficient (Wildman–Crippen LogP) is 3.61. The van der Waals surface area contributed by atoms with Gasteiger partial charge in [0.25, 0.3) is 0 Å². The normalized spacial score (nSPS) is 15.6. The topological polar surface area (TPSA) is 75.2 Å². The number of H-pyrrole nitrogens is 1. The Kier molecular flexibility index (Phi) is 5.43. The van der Waals surface area contributed by atoms with Crippen LogP contribution in [0.5, 0.6) is 0 Å². The number of hydrogen-bond donors (Lipinski definition) is 1. The van der Waals surface area contributed by atoms with Crippen LogP contribution in [0.3, 0.4) is 0 Å². The fourth-order valence-electron chi connectivity index (χ4n) is 3.76. The number of unbranched alkanes of at least 4 members (excludes halogenated alkanes) is 1. The molecule has 0 radical (unpaired) electrons. The predicted molar refractivity (Wildman–Crippen MR) is 115 cm³/mol. The Bertz CT molecular complexity index is 1200. The summed E-state index contributed by atoms with van der Waals surface area (Å²) in [5, 5.41) is 0. The molecule has 0 aliphatic carbocycles. The van der Waals surface area contributed by atoms with Crippen LogP contribution in [0.15, 0.2) is 64.3 Å². The molecule has 0 spiro atoms. The molecule has 0 saturated carbocycles. The molecule has 1 aromatic heterocycles. The molecule has 0 unspecified atom stereocenters. The standard InChI is InChI=1S/C22H25N3O3S/c1-2-3-6-17-9-11-19(12-10-17)29(27,28)24-15-13-18(14-16-24)25-21-8-5-4-7-20(21)23-22(25)26/h4-5,7-13H,2-3,6,14-16H2,1H3,(H,23,26). The minimum Gasteiger partial charge on any atom is -0.305 e. The van der Waals surface area contributed by atoms with E-state index < -0.39 is 10.0 Å². The second kappa shape index (κ2) is 8.00. The van der Waals surface area contributed by atoms with Crippen LogP contribution >= 0.6 is 0 Å². The molecule has 0 saturated heterocycles. The van der Waals surface area contributed by atoms with Crippen LogP contribution in [0, 0.1) is 0 Å². The molecule has 7 heteroatoms. The van der Waals surface area contributed by atoms with Gasteiger partial charge in [0.1, 0.15) is 0 Å². The maximum Gasteiger partial charge on any atom is 0.330 e. The van der Waals surface area contributed by atoms with E-state index in [1.807, 2.05) is 42.5 Å². The average molecular weight is 412 g/mol. The van der Waals surface area contributed by atoms with Crippen LogP contribution in [-0.4, -0.2) is 35.4 Å². The molecule has 1 aliphatic heterocycles. The summed E-state index contributed by atoms with van der Waals surface area (Å²) < 4.78 is 29.1. The Labute approximate surface area is 170 Å². The smallest absolute Gasteiger partial charge is 0.305 e. The van der Waals surface area contributed by atoms with Crippen molar-refractivity contribution in [2.45, 2.75) is 37.5 Å². The second-order valence-corrected chi connectivity index (χ2v) is 9.28. The second-order valence-electron chi connectivity index (χ2n) is 7.34. The Morgan fingerprint density at radius 3 is 2.52 bits per heavy atom. The van der Waals surface area contributed by atoms with Gasteiger partial charge in [0.15, 0.2) is 0 Å². The van der Waals surface area contributed by atoms with Gasteiger partial charge >= 0.3 is 5.69 Å². The Morgan fingerprint density at radius 2 is 1.83 bits per heavy atom. The lowest BCUT2D eigenvalue weighted by molar-refractivity contribution is 0.437. The summed E-state index contributed by atoms with van der Waals surface area (Å²) in [6, 6.07) is 14.7. The molecule has 2 aromatic carbocycles. The Balaban J connectivity index is 1.55. The average Bonchev–Trinajstić information content (AvgIpc) is 3.08. The maximum atomic E-state index is 13.0. The molecule has 152 valence electrons. The lowest BCUT2D eigenvalue weighted by atomic mass is 10.1. The summed E-state index contributed by atoms with van der Waals surface area (Å²) >= 11 is 0. The molecule has 29 heavy (non-hydrogen) atoms. The quantitative estimate of drug-likeness (QED) is 0.673. The van der Waals surface area contributed by atoms with Gasteiger partial charge in [-0.15, -0.1) is 0 Å². The zero-order chi connectivity index (χ0) is 20.4. The van der Waals surface area contributed by atoms with Crippen LogP contribution in [0.2, 0.25) is 0 Å². The molecular weight excluding hydrogens is 386 g/mol. The number of nitrogens with zero attached hydrogens (tertiary/aromatic N) is 2. The van der Waals surface area contributed by atoms with Gasteiger partial charge in [-0.05, 0) is 48.7 Å². The van der Waals surface area contributed by atoms with Crippen LogP contribution < -0.4 is 5.69 Å². The minimum absolute atomic E-state index is 0.198. The van der Waals surface area contributed by atoms with Gasteiger partial charge in [-0.3, -0.25) is 4.57 Å². The molecule has 6 nitrogen and oxygen atoms in total. The van der Waals surface area contributed by atoms with Crippen molar-refractivity contribution in [3.8, 4) is 0 Å². The first-order chi connectivity index (χ1) is 14.0. The van der Waals surface area contributed by atoms with Crippen LogP contribution in [0.25, 0.3) is 16.7 Å². The summed E-state index contributed by atoms with van der Waals surface area (Å²) in [5.41, 5.74) is 3.37. The third-order valence-corrected chi connectivity index (χ3v) is 7.28. The number of imidazole rings is 1. The van der Waals surface area contributed by atoms with Crippen LogP contribution in [-0.2, 0) is 16.4 Å². The summed E-state index contributed by atoms with van der Waals surface area (Å²) in [5.74, 6) is 0. The van der Waals surface area contributed by atoms with Gasteiger partial charge in [0.05, 0.1) is 15.9 Å². The van der Waals surface area contributed by atoms with E-state index in [-0.39, 0.29) is 12.2 Å². The SMILES string of the molecule is CCCCc1ccc(S(=O)(=O)N2CC=C(n3c(=O)[nH]c4ccccc43)CC2)cc1. The first-order valence-electron chi connectivity index (χ1n) is 9.99. The van der Waals surface area contributed by atoms with Crippen molar-refractivity contribution >= 4 is 26.8 Å². The fourth-order valence-corrected chi connectivity index (χ4v) is 5.14. The van der Waals surface area contributed by atoms with Crippen molar-refractivity contribution < 1.29 is 8.42 Å². The van der Waals surface area contributed by atoms with Gasteiger partial charge in [0.2, 0.25) is 10.0 Å². The van der Waals surface area contributed by atoms with Gasteiger partial charge in [0, 0.05) is 25.2 Å². The lowest BCUT2D eigenvalue weighted by Crippen LogP contribution is -2.36. The third-order valence-electron chi connectivity index (χ3n) is 5.40. The van der Waals surface area contributed by atoms with Gasteiger partial charge in [-0.1, -0.05) is 37.6 Å². The Hall–Kier alpha value is -2.64. The zero-order valence-electron chi connectivity index (χ0n) is 16.5. The minimum atomic E-state index is -3.55. The lowest BCUT2D eigenvalue weighted by Gasteiger charge is -2.26. The molecule has 0 bridgehead atoms. The number of benzene rings is 2. The monoisotopic (exact) mass is 411 g/mol. The number of hydrogen-bond acceptors (Lipinski definition) is 3. The number of sulfonamides is 1. The summed E-state index contributed by atoms with van der Waals surface area (Å²) in [6.07, 6.45) is 5.49. The first kappa shape index (κ1) is 19.7. The highest BCUT2D eigenvalue weighted by Gasteiger charge is 2.27. The summed E-state index contributed by atoms with van der Waals surface area (Å²) in [4.78, 5) is 15.5. The number of nitrogens with one attached hydrogen (secondary N) is 1. The molecule has 0 fully saturated rings. The largest absolute Gasteiger partial charge is 0.330 e. The van der Waals surface area contributed by atoms with Crippen molar-refractivity contribution in [3.05, 3.63) is 70.7 Å². The van der Waals surface area contributed by atoms with Crippen molar-refractivity contribution in [1.29, 1.82) is 0 Å². The van der Waals surface area contributed by atoms with E-state index in [1.54, 1.807) is 16.7 Å². The highest BCUT2D eigenvalue weighted by molar-refractivity contribution is 7.89. The summed E-state index contributed by atoms with van der Waals surface area (Å²) in [6.45, 7) is 2.74. The molecular formula is C22H25N3O3S. The first-order valence-corrected chi connectivity index (χ1v) is 11.4. The fraction of sp³-hybridized carbons (Fsp3) is 0.318. The van der Waals surface area contributed by atoms with E-state index in [0.29, 0.717) is 17.9 Å². The van der Waals surface area contributed by atoms with E-state index in [9.17, 15) is 13.2 Å². The van der Waals surface area contributed by atoms with Crippen LogP contribution in [0.1, 0.15) is 31.7 Å². The Morgan fingerprint density at radius 1 is 1.07 bits per heavy atom. The van der Waals surface area contributed by atoms with E-state index >= 15 is 0 Å². The molecule has 1 aliphatic rings. The van der Waals surface area contributed by atoms with E-state index in [1.165, 1.54) is 4.31 Å². The summed E-state index contributed by atoms with van der Waals surface area (Å²) in [7, 11) is -3.55. The number of fused-ring (bicyclic) bond motifs is 1. The highest BCUT2D eigenvalue weighted by atomic mass is 32.2. The van der Waals surface area contributed by atoms with Crippen molar-refractivity contribution in [2.24, 2.45) is 0 Å². The molecule has 3 aromatic rings. The number of aryl methyl sites for hydroxylation is 1. The highest BCUT2D eigenvalue weighted by Crippen LogP contribution is 2.24. The maximum absolute atomic E-state index is 13.0. The zero-order valence-corrected chi connectivity index (χ0v) is 17.3. The number of aromatic nitrogens is 2. The molecule has 0 atom stereocenters. The van der Waals surface area contributed by atoms with Crippen molar-refractivity contribution in [3.63, 3.8) is 0 Å². The molecule has 1 N–H and O–H groups in total. The van der Waals surface area contributed by atoms with Gasteiger partial charge in [-0.25, -0.2) is 13.2 Å². The number of aromatic amines is 1. The van der Waals surface area contributed by atoms with E-state index in [4.69, 9.17) is 0 Å².